The van der Waals surface area contributed by atoms with Crippen molar-refractivity contribution in [3.05, 3.63) is 12.2 Å². The average Bonchev–Trinajstić information content (AvgIpc) is 2.24. The van der Waals surface area contributed by atoms with Crippen molar-refractivity contribution in [2.24, 2.45) is 16.7 Å². The first-order chi connectivity index (χ1) is 8.70. The summed E-state index contributed by atoms with van der Waals surface area (Å²) in [5.41, 5.74) is -2.66. The number of carboxylic acids is 2. The van der Waals surface area contributed by atoms with Gasteiger partial charge >= 0.3 is 11.9 Å². The van der Waals surface area contributed by atoms with E-state index in [1.165, 1.54) is 0 Å². The third-order valence-electron chi connectivity index (χ3n) is 5.39. The van der Waals surface area contributed by atoms with Crippen LogP contribution in [0, 0.1) is 16.7 Å². The van der Waals surface area contributed by atoms with E-state index in [1.54, 1.807) is 0 Å². The third-order valence-corrected chi connectivity index (χ3v) is 5.39. The Morgan fingerprint density at radius 2 is 1.58 bits per heavy atom. The van der Waals surface area contributed by atoms with Gasteiger partial charge < -0.3 is 15.3 Å². The Bertz CT molecular complexity index is 498. The van der Waals surface area contributed by atoms with Gasteiger partial charge in [-0.3, -0.25) is 4.79 Å². The van der Waals surface area contributed by atoms with E-state index in [4.69, 9.17) is 0 Å². The fourth-order valence-electron chi connectivity index (χ4n) is 5.19. The van der Waals surface area contributed by atoms with E-state index >= 15 is 0 Å². The summed E-state index contributed by atoms with van der Waals surface area (Å²) in [6, 6.07) is 0. The molecular weight excluding hydrogens is 248 g/mol. The zero-order chi connectivity index (χ0) is 14.1. The highest BCUT2D eigenvalue weighted by Gasteiger charge is 2.66. The molecule has 5 heteroatoms. The number of aliphatic carboxylic acids is 2. The predicted octanol–water partition coefficient (Wildman–Crippen LogP) is 1.41. The van der Waals surface area contributed by atoms with Gasteiger partial charge in [-0.25, -0.2) is 4.79 Å². The number of hydrogen-bond acceptors (Lipinski definition) is 3. The maximum Gasteiger partial charge on any atom is 0.331 e. The largest absolute Gasteiger partial charge is 0.481 e. The van der Waals surface area contributed by atoms with Crippen LogP contribution in [0.4, 0.5) is 0 Å². The summed E-state index contributed by atoms with van der Waals surface area (Å²) in [5, 5.41) is 29.4. The van der Waals surface area contributed by atoms with E-state index in [1.807, 2.05) is 0 Å². The summed E-state index contributed by atoms with van der Waals surface area (Å²) in [5.74, 6) is -1.89. The van der Waals surface area contributed by atoms with E-state index in [-0.39, 0.29) is 17.9 Å². The first-order valence-corrected chi connectivity index (χ1v) is 6.59. The van der Waals surface area contributed by atoms with E-state index in [0.717, 1.165) is 0 Å². The smallest absolute Gasteiger partial charge is 0.331 e. The molecule has 0 spiro atoms. The Balaban J connectivity index is 2.07. The normalized spacial score (nSPS) is 47.1. The molecule has 4 saturated carbocycles. The van der Waals surface area contributed by atoms with Crippen LogP contribution in [0.15, 0.2) is 12.2 Å². The number of carboxylic acid groups (broad SMARTS) is 2. The molecule has 4 fully saturated rings. The van der Waals surface area contributed by atoms with Crippen LogP contribution in [0.5, 0.6) is 0 Å². The molecule has 4 atom stereocenters. The van der Waals surface area contributed by atoms with Gasteiger partial charge in [-0.05, 0) is 44.4 Å². The lowest BCUT2D eigenvalue weighted by Gasteiger charge is -2.63. The molecule has 4 rings (SSSR count). The molecule has 0 amide bonds. The highest BCUT2D eigenvalue weighted by Crippen LogP contribution is 2.68. The summed E-state index contributed by atoms with van der Waals surface area (Å²) in [7, 11) is 0. The van der Waals surface area contributed by atoms with Crippen molar-refractivity contribution in [3.8, 4) is 0 Å². The van der Waals surface area contributed by atoms with Gasteiger partial charge in [0, 0.05) is 11.0 Å². The molecule has 0 aromatic heterocycles. The standard InChI is InChI=1S/C14H18O5/c1-8(10(15)16)12-2-9-3-13(5-12,11(17)18)7-14(19,4-9)6-12/h9,19H,1-7H2,(H,15,16)(H,17,18). The van der Waals surface area contributed by atoms with Crippen LogP contribution in [-0.4, -0.2) is 32.9 Å². The predicted molar refractivity (Wildman–Crippen MR) is 65.4 cm³/mol. The fraction of sp³-hybridized carbons (Fsp3) is 0.714. The second-order valence-corrected chi connectivity index (χ2v) is 6.88. The van der Waals surface area contributed by atoms with E-state index in [0.29, 0.717) is 32.1 Å². The van der Waals surface area contributed by atoms with Gasteiger partial charge in [0.1, 0.15) is 0 Å². The summed E-state index contributed by atoms with van der Waals surface area (Å²) >= 11 is 0. The minimum Gasteiger partial charge on any atom is -0.481 e. The molecule has 3 N–H and O–H groups in total. The van der Waals surface area contributed by atoms with Gasteiger partial charge in [-0.15, -0.1) is 0 Å². The van der Waals surface area contributed by atoms with Crippen LogP contribution in [-0.2, 0) is 9.59 Å². The van der Waals surface area contributed by atoms with E-state index in [2.05, 4.69) is 6.58 Å². The molecule has 4 aliphatic carbocycles. The Morgan fingerprint density at radius 3 is 2.11 bits per heavy atom. The van der Waals surface area contributed by atoms with Crippen LogP contribution in [0.1, 0.15) is 38.5 Å². The lowest BCUT2D eigenvalue weighted by Crippen LogP contribution is -2.63. The van der Waals surface area contributed by atoms with Crippen molar-refractivity contribution >= 4 is 11.9 Å². The summed E-state index contributed by atoms with van der Waals surface area (Å²) in [6.45, 7) is 3.66. The van der Waals surface area contributed by atoms with Gasteiger partial charge in [0.2, 0.25) is 0 Å². The molecule has 4 bridgehead atoms. The van der Waals surface area contributed by atoms with Gasteiger partial charge in [0.25, 0.3) is 0 Å². The van der Waals surface area contributed by atoms with E-state index < -0.39 is 28.4 Å². The molecule has 4 unspecified atom stereocenters. The van der Waals surface area contributed by atoms with Crippen molar-refractivity contribution in [2.45, 2.75) is 44.1 Å². The Kier molecular flexibility index (Phi) is 2.26. The summed E-state index contributed by atoms with van der Waals surface area (Å²) < 4.78 is 0. The molecule has 0 aliphatic heterocycles. The quantitative estimate of drug-likeness (QED) is 0.671. The van der Waals surface area contributed by atoms with Gasteiger partial charge in [0.15, 0.2) is 0 Å². The van der Waals surface area contributed by atoms with Crippen molar-refractivity contribution in [3.63, 3.8) is 0 Å². The highest BCUT2D eigenvalue weighted by atomic mass is 16.4. The molecule has 0 aromatic rings. The van der Waals surface area contributed by atoms with Crippen LogP contribution < -0.4 is 0 Å². The van der Waals surface area contributed by atoms with Crippen molar-refractivity contribution in [1.82, 2.24) is 0 Å². The van der Waals surface area contributed by atoms with Gasteiger partial charge in [-0.1, -0.05) is 6.58 Å². The zero-order valence-electron chi connectivity index (χ0n) is 10.7. The molecule has 5 nitrogen and oxygen atoms in total. The van der Waals surface area contributed by atoms with Crippen LogP contribution in [0.2, 0.25) is 0 Å². The monoisotopic (exact) mass is 266 g/mol. The van der Waals surface area contributed by atoms with Crippen molar-refractivity contribution in [1.29, 1.82) is 0 Å². The summed E-state index contributed by atoms with van der Waals surface area (Å²) in [6.07, 6.45) is 2.70. The second kappa shape index (κ2) is 3.39. The maximum atomic E-state index is 11.6. The molecule has 0 aromatic carbocycles. The van der Waals surface area contributed by atoms with Crippen LogP contribution >= 0.6 is 0 Å². The van der Waals surface area contributed by atoms with E-state index in [9.17, 15) is 24.9 Å². The SMILES string of the molecule is C=C(C(=O)O)C12CC3CC(O)(C1)CC(C(=O)O)(C3)C2. The Morgan fingerprint density at radius 1 is 1.00 bits per heavy atom. The third kappa shape index (κ3) is 1.57. The minimum absolute atomic E-state index is 0.0700. The lowest BCUT2D eigenvalue weighted by atomic mass is 9.41. The molecular formula is C14H18O5. The topological polar surface area (TPSA) is 94.8 Å². The van der Waals surface area contributed by atoms with Crippen LogP contribution in [0.3, 0.4) is 0 Å². The Hall–Kier alpha value is -1.36. The van der Waals surface area contributed by atoms with Crippen molar-refractivity contribution < 1.29 is 24.9 Å². The number of rotatable bonds is 3. The number of aliphatic hydroxyl groups is 1. The molecule has 4 aliphatic rings. The first-order valence-electron chi connectivity index (χ1n) is 6.59. The number of hydrogen-bond donors (Lipinski definition) is 3. The minimum atomic E-state index is -1.08. The molecule has 0 heterocycles. The van der Waals surface area contributed by atoms with Gasteiger partial charge in [0.05, 0.1) is 11.0 Å². The first kappa shape index (κ1) is 12.7. The van der Waals surface area contributed by atoms with Crippen LogP contribution in [0.25, 0.3) is 0 Å². The summed E-state index contributed by atoms with van der Waals surface area (Å²) in [4.78, 5) is 22.9. The average molecular weight is 266 g/mol. The van der Waals surface area contributed by atoms with Gasteiger partial charge in [-0.2, -0.15) is 0 Å². The fourth-order valence-corrected chi connectivity index (χ4v) is 5.19. The molecule has 19 heavy (non-hydrogen) atoms. The Labute approximate surface area is 110 Å². The number of carbonyl (C=O) groups is 2. The maximum absolute atomic E-state index is 11.6. The van der Waals surface area contributed by atoms with Crippen molar-refractivity contribution in [2.75, 3.05) is 0 Å². The second-order valence-electron chi connectivity index (χ2n) is 6.88. The lowest BCUT2D eigenvalue weighted by molar-refractivity contribution is -0.207. The zero-order valence-corrected chi connectivity index (χ0v) is 10.7. The molecule has 104 valence electrons. The molecule has 0 saturated heterocycles. The molecule has 0 radical (unpaired) electrons. The highest BCUT2D eigenvalue weighted by molar-refractivity contribution is 5.88.